The minimum absolute atomic E-state index is 0.379. The molecule has 2 fully saturated rings. The van der Waals surface area contributed by atoms with Crippen molar-refractivity contribution in [1.82, 2.24) is 4.98 Å². The molecule has 0 saturated heterocycles. The molecule has 2 saturated carbocycles. The fraction of sp³-hybridized carbons (Fsp3) is 0.688. The van der Waals surface area contributed by atoms with Crippen LogP contribution in [0.5, 0.6) is 0 Å². The van der Waals surface area contributed by atoms with Gasteiger partial charge in [-0.1, -0.05) is 19.3 Å². The molecular weight excluding hydrogens is 236 g/mol. The van der Waals surface area contributed by atoms with E-state index in [1.165, 1.54) is 32.1 Å². The van der Waals surface area contributed by atoms with Gasteiger partial charge in [-0.2, -0.15) is 0 Å². The number of anilines is 1. The van der Waals surface area contributed by atoms with Gasteiger partial charge in [-0.3, -0.25) is 4.98 Å². The summed E-state index contributed by atoms with van der Waals surface area (Å²) < 4.78 is 5.98. The molecule has 0 bridgehead atoms. The van der Waals surface area contributed by atoms with Gasteiger partial charge in [0.25, 0.3) is 0 Å². The minimum Gasteiger partial charge on any atom is -0.380 e. The number of nitrogens with zero attached hydrogens (tertiary/aromatic N) is 1. The van der Waals surface area contributed by atoms with Crippen molar-refractivity contribution in [3.63, 3.8) is 0 Å². The van der Waals surface area contributed by atoms with E-state index >= 15 is 0 Å². The molecule has 1 spiro atoms. The van der Waals surface area contributed by atoms with E-state index in [9.17, 15) is 0 Å². The van der Waals surface area contributed by atoms with Gasteiger partial charge < -0.3 is 10.1 Å². The average Bonchev–Trinajstić information content (AvgIpc) is 2.48. The fourth-order valence-electron chi connectivity index (χ4n) is 3.92. The number of pyridine rings is 1. The number of nitrogens with one attached hydrogen (secondary N) is 1. The van der Waals surface area contributed by atoms with Gasteiger partial charge in [0.15, 0.2) is 0 Å². The molecule has 3 rings (SSSR count). The topological polar surface area (TPSA) is 34.1 Å². The van der Waals surface area contributed by atoms with Gasteiger partial charge in [-0.15, -0.1) is 0 Å². The maximum Gasteiger partial charge on any atom is 0.0670 e. The van der Waals surface area contributed by atoms with Crippen LogP contribution in [0.2, 0.25) is 0 Å². The van der Waals surface area contributed by atoms with E-state index < -0.39 is 0 Å². The van der Waals surface area contributed by atoms with Crippen LogP contribution in [0, 0.1) is 5.41 Å². The summed E-state index contributed by atoms with van der Waals surface area (Å²) in [4.78, 5) is 4.19. The van der Waals surface area contributed by atoms with Gasteiger partial charge in [-0.05, 0) is 38.3 Å². The molecule has 1 aromatic rings. The minimum atomic E-state index is 0.379. The highest BCUT2D eigenvalue weighted by atomic mass is 16.5. The lowest BCUT2D eigenvalue weighted by molar-refractivity contribution is -0.134. The predicted octanol–water partition coefficient (Wildman–Crippen LogP) is 3.62. The Morgan fingerprint density at radius 3 is 2.89 bits per heavy atom. The second-order valence-electron chi connectivity index (χ2n) is 5.91. The molecule has 0 amide bonds. The Hall–Kier alpha value is -1.09. The van der Waals surface area contributed by atoms with Crippen molar-refractivity contribution in [1.29, 1.82) is 0 Å². The molecule has 2 atom stereocenters. The highest BCUT2D eigenvalue weighted by molar-refractivity contribution is 5.43. The van der Waals surface area contributed by atoms with Crippen LogP contribution in [0.15, 0.2) is 24.5 Å². The Morgan fingerprint density at radius 2 is 2.21 bits per heavy atom. The lowest BCUT2D eigenvalue weighted by Crippen LogP contribution is -2.62. The third kappa shape index (κ3) is 2.36. The number of hydrogen-bond donors (Lipinski definition) is 1. The smallest absolute Gasteiger partial charge is 0.0670 e. The quantitative estimate of drug-likeness (QED) is 0.897. The molecule has 2 aliphatic carbocycles. The Bertz CT molecular complexity index is 400. The number of hydrogen-bond acceptors (Lipinski definition) is 3. The van der Waals surface area contributed by atoms with Gasteiger partial charge in [0, 0.05) is 30.5 Å². The van der Waals surface area contributed by atoms with Crippen molar-refractivity contribution < 1.29 is 4.74 Å². The Morgan fingerprint density at radius 1 is 1.37 bits per heavy atom. The lowest BCUT2D eigenvalue weighted by Gasteiger charge is -2.58. The molecule has 3 nitrogen and oxygen atoms in total. The number of rotatable bonds is 4. The molecule has 2 unspecified atom stereocenters. The highest BCUT2D eigenvalue weighted by Crippen LogP contribution is 2.54. The average molecular weight is 260 g/mol. The molecule has 2 aliphatic rings. The molecule has 1 heterocycles. The summed E-state index contributed by atoms with van der Waals surface area (Å²) in [5.41, 5.74) is 1.52. The Labute approximate surface area is 115 Å². The summed E-state index contributed by atoms with van der Waals surface area (Å²) >= 11 is 0. The standard InChI is InChI=1S/C16H24N2O/c1-2-19-15-11-14(16(15)8-4-3-5-9-16)18-13-7-6-10-17-12-13/h6-7,10,12,14-15,18H,2-5,8-9,11H2,1H3. The van der Waals surface area contributed by atoms with Crippen LogP contribution in [0.3, 0.4) is 0 Å². The summed E-state index contributed by atoms with van der Waals surface area (Å²) in [5.74, 6) is 0. The van der Waals surface area contributed by atoms with E-state index in [0.717, 1.165) is 18.7 Å². The van der Waals surface area contributed by atoms with Crippen LogP contribution in [-0.4, -0.2) is 23.7 Å². The van der Waals surface area contributed by atoms with Crippen molar-refractivity contribution in [3.8, 4) is 0 Å². The maximum atomic E-state index is 5.98. The van der Waals surface area contributed by atoms with Crippen LogP contribution in [0.25, 0.3) is 0 Å². The third-order valence-corrected chi connectivity index (χ3v) is 4.94. The lowest BCUT2D eigenvalue weighted by atomic mass is 9.55. The first-order valence-electron chi connectivity index (χ1n) is 7.63. The van der Waals surface area contributed by atoms with Crippen molar-refractivity contribution >= 4 is 5.69 Å². The first kappa shape index (κ1) is 12.9. The Kier molecular flexibility index (Phi) is 3.74. The van der Waals surface area contributed by atoms with E-state index in [1.54, 1.807) is 0 Å². The second-order valence-corrected chi connectivity index (χ2v) is 5.91. The SMILES string of the molecule is CCOC1CC(Nc2cccnc2)C12CCCCC2. The van der Waals surface area contributed by atoms with Crippen molar-refractivity contribution in [2.45, 2.75) is 57.6 Å². The van der Waals surface area contributed by atoms with E-state index in [0.29, 0.717) is 17.6 Å². The molecule has 0 aromatic carbocycles. The van der Waals surface area contributed by atoms with Gasteiger partial charge in [0.2, 0.25) is 0 Å². The summed E-state index contributed by atoms with van der Waals surface area (Å²) in [7, 11) is 0. The summed E-state index contributed by atoms with van der Waals surface area (Å²) in [6, 6.07) is 4.67. The van der Waals surface area contributed by atoms with E-state index in [1.807, 2.05) is 18.5 Å². The molecule has 19 heavy (non-hydrogen) atoms. The summed E-state index contributed by atoms with van der Waals surface area (Å²) in [6.45, 7) is 2.95. The second kappa shape index (κ2) is 5.49. The zero-order valence-corrected chi connectivity index (χ0v) is 11.8. The monoisotopic (exact) mass is 260 g/mol. The molecular formula is C16H24N2O. The molecule has 1 N–H and O–H groups in total. The molecule has 1 aromatic heterocycles. The first-order chi connectivity index (χ1) is 9.35. The number of aromatic nitrogens is 1. The molecule has 3 heteroatoms. The van der Waals surface area contributed by atoms with Crippen LogP contribution in [-0.2, 0) is 4.74 Å². The van der Waals surface area contributed by atoms with Gasteiger partial charge in [0.05, 0.1) is 11.8 Å². The van der Waals surface area contributed by atoms with E-state index in [2.05, 4.69) is 23.3 Å². The van der Waals surface area contributed by atoms with Crippen LogP contribution >= 0.6 is 0 Å². The largest absolute Gasteiger partial charge is 0.380 e. The van der Waals surface area contributed by atoms with Gasteiger partial charge in [-0.25, -0.2) is 0 Å². The fourth-order valence-corrected chi connectivity index (χ4v) is 3.92. The van der Waals surface area contributed by atoms with Gasteiger partial charge in [0.1, 0.15) is 0 Å². The number of ether oxygens (including phenoxy) is 1. The third-order valence-electron chi connectivity index (χ3n) is 4.94. The van der Waals surface area contributed by atoms with Crippen molar-refractivity contribution in [2.75, 3.05) is 11.9 Å². The van der Waals surface area contributed by atoms with Crippen LogP contribution < -0.4 is 5.32 Å². The normalized spacial score (nSPS) is 28.9. The van der Waals surface area contributed by atoms with Crippen molar-refractivity contribution in [2.24, 2.45) is 5.41 Å². The zero-order valence-electron chi connectivity index (χ0n) is 11.8. The van der Waals surface area contributed by atoms with Crippen LogP contribution in [0.1, 0.15) is 45.4 Å². The van der Waals surface area contributed by atoms with Crippen molar-refractivity contribution in [3.05, 3.63) is 24.5 Å². The van der Waals surface area contributed by atoms with Gasteiger partial charge >= 0.3 is 0 Å². The molecule has 0 radical (unpaired) electrons. The molecule has 104 valence electrons. The summed E-state index contributed by atoms with van der Waals surface area (Å²) in [6.07, 6.45) is 12.1. The van der Waals surface area contributed by atoms with E-state index in [-0.39, 0.29) is 0 Å². The Balaban J connectivity index is 1.71. The molecule has 0 aliphatic heterocycles. The highest BCUT2D eigenvalue weighted by Gasteiger charge is 2.55. The summed E-state index contributed by atoms with van der Waals surface area (Å²) in [5, 5.41) is 3.68. The van der Waals surface area contributed by atoms with Crippen LogP contribution in [0.4, 0.5) is 5.69 Å². The zero-order chi connectivity index (χ0) is 13.1. The van der Waals surface area contributed by atoms with E-state index in [4.69, 9.17) is 4.74 Å². The predicted molar refractivity (Wildman–Crippen MR) is 77.2 cm³/mol. The maximum absolute atomic E-state index is 5.98. The first-order valence-corrected chi connectivity index (χ1v) is 7.63.